The Morgan fingerprint density at radius 1 is 1.37 bits per heavy atom. The third kappa shape index (κ3) is 2.47. The van der Waals surface area contributed by atoms with E-state index in [-0.39, 0.29) is 0 Å². The molecule has 1 aromatic carbocycles. The second-order valence-corrected chi connectivity index (χ2v) is 4.63. The minimum Gasteiger partial charge on any atom is -0.488 e. The minimum atomic E-state index is 0.413. The van der Waals surface area contributed by atoms with Crippen LogP contribution in [-0.4, -0.2) is 23.3 Å². The lowest BCUT2D eigenvalue weighted by Gasteiger charge is -2.16. The van der Waals surface area contributed by atoms with Gasteiger partial charge in [-0.25, -0.2) is 0 Å². The number of benzene rings is 1. The molecular weight excluding hydrogens is 266 g/mol. The number of nitrogens with zero attached hydrogens (tertiary/aromatic N) is 2. The Morgan fingerprint density at radius 3 is 3.11 bits per heavy atom. The van der Waals surface area contributed by atoms with E-state index >= 15 is 0 Å². The zero-order valence-corrected chi connectivity index (χ0v) is 10.9. The molecule has 0 aliphatic carbocycles. The Labute approximate surface area is 115 Å². The second kappa shape index (κ2) is 5.03. The fourth-order valence-electron chi connectivity index (χ4n) is 1.89. The zero-order valence-electron chi connectivity index (χ0n) is 10.1. The third-order valence-corrected chi connectivity index (χ3v) is 3.03. The van der Waals surface area contributed by atoms with Gasteiger partial charge in [0.1, 0.15) is 12.4 Å². The molecule has 2 N–H and O–H groups in total. The van der Waals surface area contributed by atoms with E-state index in [2.05, 4.69) is 10.1 Å². The molecule has 3 rings (SSSR count). The van der Waals surface area contributed by atoms with E-state index < -0.39 is 0 Å². The molecule has 1 aromatic heterocycles. The highest BCUT2D eigenvalue weighted by Crippen LogP contribution is 2.31. The maximum atomic E-state index is 5.97. The van der Waals surface area contributed by atoms with Crippen molar-refractivity contribution in [3.8, 4) is 5.75 Å². The van der Waals surface area contributed by atoms with Crippen molar-refractivity contribution >= 4 is 23.3 Å². The van der Waals surface area contributed by atoms with Gasteiger partial charge in [0.2, 0.25) is 11.7 Å². The Kier molecular flexibility index (Phi) is 3.23. The predicted molar refractivity (Wildman–Crippen MR) is 71.9 cm³/mol. The molecule has 98 valence electrons. The molecular formula is C13H12ClN3O2. The Hall–Kier alpha value is -1.85. The number of halogens is 1. The van der Waals surface area contributed by atoms with Crippen LogP contribution in [0.2, 0.25) is 5.02 Å². The number of fused-ring (bicyclic) bond motifs is 1. The van der Waals surface area contributed by atoms with Crippen molar-refractivity contribution in [3.63, 3.8) is 0 Å². The predicted octanol–water partition coefficient (Wildman–Crippen LogP) is 2.16. The van der Waals surface area contributed by atoms with Crippen molar-refractivity contribution in [2.75, 3.05) is 13.2 Å². The molecule has 2 heterocycles. The summed E-state index contributed by atoms with van der Waals surface area (Å²) < 4.78 is 10.7. The summed E-state index contributed by atoms with van der Waals surface area (Å²) in [5, 5.41) is 4.59. The first kappa shape index (κ1) is 12.2. The molecule has 5 nitrogen and oxygen atoms in total. The topological polar surface area (TPSA) is 74.2 Å². The summed E-state index contributed by atoms with van der Waals surface area (Å²) in [4.78, 5) is 4.28. The van der Waals surface area contributed by atoms with E-state index in [1.165, 1.54) is 0 Å². The van der Waals surface area contributed by atoms with Crippen LogP contribution in [0.5, 0.6) is 5.75 Å². The van der Waals surface area contributed by atoms with Gasteiger partial charge in [0, 0.05) is 29.1 Å². The highest BCUT2D eigenvalue weighted by atomic mass is 35.5. The lowest BCUT2D eigenvalue weighted by molar-refractivity contribution is 0.359. The number of nitrogens with two attached hydrogens (primary N) is 1. The molecule has 1 aliphatic rings. The van der Waals surface area contributed by atoms with E-state index in [4.69, 9.17) is 26.6 Å². The van der Waals surface area contributed by atoms with Crippen LogP contribution in [0.1, 0.15) is 17.3 Å². The van der Waals surface area contributed by atoms with Crippen molar-refractivity contribution in [2.24, 2.45) is 5.73 Å². The van der Waals surface area contributed by atoms with Crippen LogP contribution < -0.4 is 10.5 Å². The van der Waals surface area contributed by atoms with E-state index in [9.17, 15) is 0 Å². The Morgan fingerprint density at radius 2 is 2.26 bits per heavy atom. The summed E-state index contributed by atoms with van der Waals surface area (Å²) in [6.07, 6.45) is 2.53. The van der Waals surface area contributed by atoms with Gasteiger partial charge in [0.15, 0.2) is 0 Å². The molecule has 0 radical (unpaired) electrons. The number of ether oxygens (including phenoxy) is 1. The summed E-state index contributed by atoms with van der Waals surface area (Å²) in [5.74, 6) is 1.88. The van der Waals surface area contributed by atoms with Crippen LogP contribution in [0.3, 0.4) is 0 Å². The first-order valence-electron chi connectivity index (χ1n) is 5.92. The standard InChI is InChI=1S/C13H12ClN3O2/c14-10-1-2-11-8(6-10)5-9(7-18-11)13-16-12(3-4-15)19-17-13/h1-2,5-6H,3-4,7,15H2. The molecule has 0 amide bonds. The molecule has 0 fully saturated rings. The zero-order chi connectivity index (χ0) is 13.2. The van der Waals surface area contributed by atoms with Gasteiger partial charge >= 0.3 is 0 Å². The number of hydrogen-bond acceptors (Lipinski definition) is 5. The molecule has 0 spiro atoms. The van der Waals surface area contributed by atoms with Crippen LogP contribution in [0.25, 0.3) is 11.6 Å². The summed E-state index contributed by atoms with van der Waals surface area (Å²) in [7, 11) is 0. The summed E-state index contributed by atoms with van der Waals surface area (Å²) in [5.41, 5.74) is 7.22. The third-order valence-electron chi connectivity index (χ3n) is 2.80. The largest absolute Gasteiger partial charge is 0.488 e. The van der Waals surface area contributed by atoms with Gasteiger partial charge in [-0.15, -0.1) is 0 Å². The lowest BCUT2D eigenvalue weighted by Crippen LogP contribution is -2.08. The van der Waals surface area contributed by atoms with Crippen LogP contribution in [0, 0.1) is 0 Å². The van der Waals surface area contributed by atoms with Gasteiger partial charge in [-0.3, -0.25) is 0 Å². The fraction of sp³-hybridized carbons (Fsp3) is 0.231. The van der Waals surface area contributed by atoms with Crippen molar-refractivity contribution < 1.29 is 9.26 Å². The van der Waals surface area contributed by atoms with Crippen molar-refractivity contribution in [1.29, 1.82) is 0 Å². The molecule has 6 heteroatoms. The van der Waals surface area contributed by atoms with E-state index in [1.807, 2.05) is 18.2 Å². The van der Waals surface area contributed by atoms with Crippen molar-refractivity contribution in [1.82, 2.24) is 10.1 Å². The average Bonchev–Trinajstić information content (AvgIpc) is 2.87. The minimum absolute atomic E-state index is 0.413. The molecule has 0 saturated carbocycles. The molecule has 0 atom stereocenters. The van der Waals surface area contributed by atoms with Crippen LogP contribution in [0.15, 0.2) is 22.7 Å². The van der Waals surface area contributed by atoms with E-state index in [1.54, 1.807) is 6.07 Å². The highest BCUT2D eigenvalue weighted by molar-refractivity contribution is 6.30. The second-order valence-electron chi connectivity index (χ2n) is 4.19. The molecule has 19 heavy (non-hydrogen) atoms. The van der Waals surface area contributed by atoms with Gasteiger partial charge in [0.25, 0.3) is 0 Å². The number of rotatable bonds is 3. The molecule has 0 bridgehead atoms. The van der Waals surface area contributed by atoms with Crippen LogP contribution >= 0.6 is 11.6 Å². The summed E-state index contributed by atoms with van der Waals surface area (Å²) >= 11 is 5.97. The summed E-state index contributed by atoms with van der Waals surface area (Å²) in [6.45, 7) is 0.895. The molecule has 0 saturated heterocycles. The molecule has 1 aliphatic heterocycles. The summed E-state index contributed by atoms with van der Waals surface area (Å²) in [6, 6.07) is 5.49. The fourth-order valence-corrected chi connectivity index (χ4v) is 2.07. The van der Waals surface area contributed by atoms with Crippen molar-refractivity contribution in [2.45, 2.75) is 6.42 Å². The maximum Gasteiger partial charge on any atom is 0.228 e. The molecule has 2 aromatic rings. The van der Waals surface area contributed by atoms with Crippen LogP contribution in [-0.2, 0) is 6.42 Å². The van der Waals surface area contributed by atoms with E-state index in [0.29, 0.717) is 36.3 Å². The lowest BCUT2D eigenvalue weighted by atomic mass is 10.1. The van der Waals surface area contributed by atoms with E-state index in [0.717, 1.165) is 16.9 Å². The smallest absolute Gasteiger partial charge is 0.228 e. The van der Waals surface area contributed by atoms with Gasteiger partial charge in [-0.05, 0) is 24.3 Å². The number of hydrogen-bond donors (Lipinski definition) is 1. The average molecular weight is 278 g/mol. The first-order valence-corrected chi connectivity index (χ1v) is 6.30. The van der Waals surface area contributed by atoms with Gasteiger partial charge < -0.3 is 15.0 Å². The van der Waals surface area contributed by atoms with Gasteiger partial charge in [0.05, 0.1) is 0 Å². The highest BCUT2D eigenvalue weighted by Gasteiger charge is 2.17. The van der Waals surface area contributed by atoms with Crippen LogP contribution in [0.4, 0.5) is 0 Å². The molecule has 0 unspecified atom stereocenters. The quantitative estimate of drug-likeness (QED) is 0.930. The van der Waals surface area contributed by atoms with Gasteiger partial charge in [-0.2, -0.15) is 4.98 Å². The maximum absolute atomic E-state index is 5.97. The monoisotopic (exact) mass is 277 g/mol. The van der Waals surface area contributed by atoms with Crippen molar-refractivity contribution in [3.05, 3.63) is 40.5 Å². The Balaban J connectivity index is 1.93. The SMILES string of the molecule is NCCc1nc(C2=Cc3cc(Cl)ccc3OC2)no1. The Bertz CT molecular complexity index is 637. The normalized spacial score (nSPS) is 13.7. The van der Waals surface area contributed by atoms with Gasteiger partial charge in [-0.1, -0.05) is 16.8 Å². The first-order chi connectivity index (χ1) is 9.26. The number of aromatic nitrogens is 2.